The molecular formula is C28H34F4N2O4. The molecule has 10 heteroatoms. The molecule has 1 aliphatic heterocycles. The van der Waals surface area contributed by atoms with E-state index < -0.39 is 23.7 Å². The summed E-state index contributed by atoms with van der Waals surface area (Å²) < 4.78 is 69.3. The number of carbonyl (C=O) groups excluding carboxylic acids is 1. The summed E-state index contributed by atoms with van der Waals surface area (Å²) in [4.78, 5) is 14.1. The van der Waals surface area contributed by atoms with Gasteiger partial charge in [-0.1, -0.05) is 12.1 Å². The Morgan fingerprint density at radius 3 is 2.42 bits per heavy atom. The van der Waals surface area contributed by atoms with Crippen LogP contribution in [0, 0.1) is 17.7 Å². The summed E-state index contributed by atoms with van der Waals surface area (Å²) >= 11 is 0. The number of nitrogens with one attached hydrogen (secondary N) is 1. The molecule has 1 aliphatic carbocycles. The highest BCUT2D eigenvalue weighted by atomic mass is 19.4. The lowest BCUT2D eigenvalue weighted by molar-refractivity contribution is -0.156. The maximum atomic E-state index is 14.1. The maximum absolute atomic E-state index is 14.1. The van der Waals surface area contributed by atoms with Crippen LogP contribution in [0.5, 0.6) is 5.75 Å². The van der Waals surface area contributed by atoms with Gasteiger partial charge in [-0.15, -0.1) is 0 Å². The number of halogens is 4. The number of benzene rings is 2. The van der Waals surface area contributed by atoms with Crippen molar-refractivity contribution in [3.63, 3.8) is 0 Å². The second-order valence-electron chi connectivity index (χ2n) is 9.70. The second-order valence-corrected chi connectivity index (χ2v) is 9.70. The van der Waals surface area contributed by atoms with Crippen molar-refractivity contribution in [1.82, 2.24) is 10.2 Å². The van der Waals surface area contributed by atoms with Gasteiger partial charge in [-0.3, -0.25) is 4.90 Å². The molecule has 0 amide bonds. The van der Waals surface area contributed by atoms with Gasteiger partial charge in [0.1, 0.15) is 18.2 Å². The molecule has 2 aliphatic rings. The molecule has 0 aromatic heterocycles. The lowest BCUT2D eigenvalue weighted by Crippen LogP contribution is -2.33. The smallest absolute Gasteiger partial charge is 0.416 e. The molecule has 1 N–H and O–H groups in total. The number of fused-ring (bicyclic) bond motifs is 1. The molecule has 208 valence electrons. The summed E-state index contributed by atoms with van der Waals surface area (Å²) in [5.74, 6) is 0.592. The van der Waals surface area contributed by atoms with Crippen LogP contribution in [-0.4, -0.2) is 62.5 Å². The van der Waals surface area contributed by atoms with Crippen LogP contribution in [0.25, 0.3) is 0 Å². The highest BCUT2D eigenvalue weighted by Crippen LogP contribution is 2.46. The van der Waals surface area contributed by atoms with E-state index in [9.17, 15) is 22.4 Å². The molecule has 2 aromatic rings. The first-order chi connectivity index (χ1) is 18.2. The average molecular weight is 539 g/mol. The zero-order valence-corrected chi connectivity index (χ0v) is 21.6. The number of likely N-dealkylation sites (tertiary alicyclic amines) is 1. The van der Waals surface area contributed by atoms with E-state index in [1.165, 1.54) is 0 Å². The number of nitrogens with zero attached hydrogens (tertiary/aromatic N) is 1. The van der Waals surface area contributed by atoms with Crippen molar-refractivity contribution in [1.29, 1.82) is 0 Å². The summed E-state index contributed by atoms with van der Waals surface area (Å²) in [5.41, 5.74) is 0.209. The number of carbonyl (C=O) groups is 1. The number of hydrogen-bond acceptors (Lipinski definition) is 6. The minimum Gasteiger partial charge on any atom is -0.492 e. The summed E-state index contributed by atoms with van der Waals surface area (Å²) in [7, 11) is 0. The Hall–Kier alpha value is -2.69. The van der Waals surface area contributed by atoms with Gasteiger partial charge >= 0.3 is 12.1 Å². The standard InChI is InChI=1S/C28H34F4N2O4/c1-3-36-25(27(35)37-4-2)13-18-5-8-21(9-6-18)38-12-11-33-26-22-16-34(17-23(22)26)15-19-14-20(28(30,31)32)7-10-24(19)29/h5-10,14,22-23,25-26,33H,3-4,11-13,15-17H2,1-2H3/t22-,23?,25-,26+/m0/s1. The second kappa shape index (κ2) is 12.4. The first-order valence-corrected chi connectivity index (χ1v) is 13.0. The predicted molar refractivity (Wildman–Crippen MR) is 133 cm³/mol. The van der Waals surface area contributed by atoms with Crippen molar-refractivity contribution < 1.29 is 36.6 Å². The van der Waals surface area contributed by atoms with Crippen LogP contribution in [-0.2, 0) is 33.4 Å². The number of hydrogen-bond donors (Lipinski definition) is 1. The van der Waals surface area contributed by atoms with Crippen LogP contribution in [0.15, 0.2) is 42.5 Å². The van der Waals surface area contributed by atoms with Crippen molar-refractivity contribution >= 4 is 5.97 Å². The van der Waals surface area contributed by atoms with E-state index in [0.717, 1.165) is 42.6 Å². The van der Waals surface area contributed by atoms with Crippen molar-refractivity contribution in [2.45, 2.75) is 45.1 Å². The minimum atomic E-state index is -4.48. The highest BCUT2D eigenvalue weighted by molar-refractivity contribution is 5.75. The van der Waals surface area contributed by atoms with Crippen LogP contribution in [0.4, 0.5) is 17.6 Å². The number of ether oxygens (including phenoxy) is 3. The lowest BCUT2D eigenvalue weighted by Gasteiger charge is -2.21. The third-order valence-electron chi connectivity index (χ3n) is 7.05. The minimum absolute atomic E-state index is 0.0827. The topological polar surface area (TPSA) is 60.0 Å². The third kappa shape index (κ3) is 7.24. The fraction of sp³-hybridized carbons (Fsp3) is 0.536. The molecule has 0 spiro atoms. The molecule has 4 rings (SSSR count). The SMILES string of the molecule is CCOC(=O)[C@H](Cc1ccc(OCCN[C@H]2C3CN(Cc4cc(C(F)(F)F)ccc4F)C[C@@H]32)cc1)OCC. The first kappa shape index (κ1) is 28.3. The number of alkyl halides is 3. The van der Waals surface area contributed by atoms with Gasteiger partial charge in [0.2, 0.25) is 0 Å². The van der Waals surface area contributed by atoms with Crippen molar-refractivity contribution in [2.24, 2.45) is 11.8 Å². The summed E-state index contributed by atoms with van der Waals surface area (Å²) in [6.07, 6.45) is -4.68. The number of rotatable bonds is 13. The molecule has 6 nitrogen and oxygen atoms in total. The van der Waals surface area contributed by atoms with Crippen molar-refractivity contribution in [3.05, 3.63) is 65.0 Å². The normalized spacial score (nSPS) is 21.7. The van der Waals surface area contributed by atoms with Gasteiger partial charge < -0.3 is 19.5 Å². The zero-order valence-electron chi connectivity index (χ0n) is 21.6. The Morgan fingerprint density at radius 1 is 1.08 bits per heavy atom. The Morgan fingerprint density at radius 2 is 1.79 bits per heavy atom. The average Bonchev–Trinajstić information content (AvgIpc) is 3.32. The predicted octanol–water partition coefficient (Wildman–Crippen LogP) is 4.45. The van der Waals surface area contributed by atoms with Gasteiger partial charge in [-0.05, 0) is 61.6 Å². The fourth-order valence-electron chi connectivity index (χ4n) is 5.14. The summed E-state index contributed by atoms with van der Waals surface area (Å²) in [6, 6.07) is 10.5. The van der Waals surface area contributed by atoms with Gasteiger partial charge in [-0.25, -0.2) is 9.18 Å². The Kier molecular flexibility index (Phi) is 9.27. The van der Waals surface area contributed by atoms with E-state index in [0.29, 0.717) is 50.7 Å². The molecule has 1 heterocycles. The van der Waals surface area contributed by atoms with Gasteiger partial charge in [-0.2, -0.15) is 13.2 Å². The van der Waals surface area contributed by atoms with Crippen LogP contribution in [0.2, 0.25) is 0 Å². The molecule has 2 aromatic carbocycles. The molecule has 2 fully saturated rings. The first-order valence-electron chi connectivity index (χ1n) is 13.0. The van der Waals surface area contributed by atoms with E-state index in [2.05, 4.69) is 5.32 Å². The molecule has 38 heavy (non-hydrogen) atoms. The zero-order chi connectivity index (χ0) is 27.3. The van der Waals surface area contributed by atoms with E-state index in [4.69, 9.17) is 14.2 Å². The molecule has 0 bridgehead atoms. The molecular weight excluding hydrogens is 504 g/mol. The number of esters is 1. The van der Waals surface area contributed by atoms with Crippen LogP contribution < -0.4 is 10.1 Å². The quantitative estimate of drug-likeness (QED) is 0.231. The van der Waals surface area contributed by atoms with Crippen molar-refractivity contribution in [3.8, 4) is 5.75 Å². The van der Waals surface area contributed by atoms with Gasteiger partial charge in [0, 0.05) is 50.8 Å². The van der Waals surface area contributed by atoms with E-state index in [-0.39, 0.29) is 18.1 Å². The van der Waals surface area contributed by atoms with Crippen LogP contribution >= 0.6 is 0 Å². The van der Waals surface area contributed by atoms with E-state index >= 15 is 0 Å². The Labute approximate surface area is 220 Å². The van der Waals surface area contributed by atoms with Crippen LogP contribution in [0.3, 0.4) is 0 Å². The molecule has 4 atom stereocenters. The monoisotopic (exact) mass is 538 g/mol. The maximum Gasteiger partial charge on any atom is 0.416 e. The third-order valence-corrected chi connectivity index (χ3v) is 7.05. The van der Waals surface area contributed by atoms with E-state index in [1.807, 2.05) is 36.1 Å². The molecule has 1 saturated carbocycles. The Balaban J connectivity index is 1.15. The van der Waals surface area contributed by atoms with Gasteiger partial charge in [0.05, 0.1) is 12.2 Å². The van der Waals surface area contributed by atoms with Crippen LogP contribution in [0.1, 0.15) is 30.5 Å². The fourth-order valence-corrected chi connectivity index (χ4v) is 5.14. The Bertz CT molecular complexity index is 1070. The van der Waals surface area contributed by atoms with Gasteiger partial charge in [0.15, 0.2) is 6.10 Å². The van der Waals surface area contributed by atoms with Crippen molar-refractivity contribution in [2.75, 3.05) is 39.5 Å². The summed E-state index contributed by atoms with van der Waals surface area (Å²) in [5, 5.41) is 3.49. The molecule has 0 radical (unpaired) electrons. The summed E-state index contributed by atoms with van der Waals surface area (Å²) in [6.45, 7) is 7.12. The van der Waals surface area contributed by atoms with Gasteiger partial charge in [0.25, 0.3) is 0 Å². The molecule has 1 unspecified atom stereocenters. The lowest BCUT2D eigenvalue weighted by atomic mass is 10.1. The largest absolute Gasteiger partial charge is 0.492 e. The highest BCUT2D eigenvalue weighted by Gasteiger charge is 2.55. The van der Waals surface area contributed by atoms with E-state index in [1.54, 1.807) is 6.92 Å². The molecule has 1 saturated heterocycles. The number of piperidine rings is 1.